The summed E-state index contributed by atoms with van der Waals surface area (Å²) >= 11 is 0. The molecule has 0 fully saturated rings. The van der Waals surface area contributed by atoms with Gasteiger partial charge in [-0.15, -0.1) is 0 Å². The van der Waals surface area contributed by atoms with E-state index in [0.717, 1.165) is 10.8 Å². The van der Waals surface area contributed by atoms with Crippen molar-refractivity contribution in [3.63, 3.8) is 0 Å². The third-order valence-electron chi connectivity index (χ3n) is 9.46. The lowest BCUT2D eigenvalue weighted by Crippen LogP contribution is -1.91. The van der Waals surface area contributed by atoms with E-state index in [0.29, 0.717) is 33.2 Å². The lowest BCUT2D eigenvalue weighted by Gasteiger charge is -2.18. The van der Waals surface area contributed by atoms with Crippen LogP contribution < -0.4 is 0 Å². The molecule has 0 aliphatic carbocycles. The molecule has 0 aromatic heterocycles. The van der Waals surface area contributed by atoms with Crippen LogP contribution in [0.15, 0.2) is 169 Å². The molecule has 0 bridgehead atoms. The fourth-order valence-electron chi connectivity index (χ4n) is 7.31. The molecule has 11 rings (SSSR count). The monoisotopic (exact) mass is 620 g/mol. The summed E-state index contributed by atoms with van der Waals surface area (Å²) in [5.74, 6) is 0. The predicted octanol–water partition coefficient (Wildman–Crippen LogP) is 13.6. The summed E-state index contributed by atoms with van der Waals surface area (Å²) in [7, 11) is 0. The van der Waals surface area contributed by atoms with Gasteiger partial charge < -0.3 is 0 Å². The minimum atomic E-state index is -0.521. The van der Waals surface area contributed by atoms with Crippen LogP contribution in [0.4, 0.5) is 0 Å². The minimum absolute atomic E-state index is 0.0130. The van der Waals surface area contributed by atoms with Crippen molar-refractivity contribution in [2.75, 3.05) is 0 Å². The molecule has 0 heteroatoms. The Balaban J connectivity index is 1.21. The van der Waals surface area contributed by atoms with E-state index >= 15 is 0 Å². The van der Waals surface area contributed by atoms with E-state index in [4.69, 9.17) is 17.8 Å². The first-order chi connectivity index (χ1) is 30.5. The van der Waals surface area contributed by atoms with Gasteiger partial charge in [0.1, 0.15) is 0 Å². The van der Waals surface area contributed by atoms with Crippen LogP contribution >= 0.6 is 0 Å². The van der Waals surface area contributed by atoms with E-state index in [2.05, 4.69) is 0 Å². The minimum Gasteiger partial charge on any atom is -0.0616 e. The van der Waals surface area contributed by atoms with Gasteiger partial charge in [-0.25, -0.2) is 0 Å². The summed E-state index contributed by atoms with van der Waals surface area (Å²) in [4.78, 5) is 0. The third kappa shape index (κ3) is 3.55. The molecule has 0 atom stereocenters. The molecular formula is C48H28. The van der Waals surface area contributed by atoms with Gasteiger partial charge in [-0.1, -0.05) is 169 Å². The van der Waals surface area contributed by atoms with Gasteiger partial charge in [0, 0.05) is 0 Å². The molecule has 48 heavy (non-hydrogen) atoms. The highest BCUT2D eigenvalue weighted by atomic mass is 14.2. The molecule has 0 radical (unpaired) electrons. The van der Waals surface area contributed by atoms with E-state index < -0.39 is 42.3 Å². The molecule has 0 heterocycles. The van der Waals surface area contributed by atoms with Crippen molar-refractivity contribution in [1.82, 2.24) is 0 Å². The molecule has 0 unspecified atom stereocenters. The van der Waals surface area contributed by atoms with Crippen molar-refractivity contribution in [2.45, 2.75) is 0 Å². The number of fused-ring (bicyclic) bond motifs is 1. The van der Waals surface area contributed by atoms with Crippen LogP contribution in [0.3, 0.4) is 0 Å². The van der Waals surface area contributed by atoms with Crippen molar-refractivity contribution in [2.24, 2.45) is 0 Å². The second-order valence-electron chi connectivity index (χ2n) is 11.9. The Morgan fingerprint density at radius 2 is 0.854 bits per heavy atom. The second-order valence-corrected chi connectivity index (χ2v) is 11.9. The first-order valence-electron chi connectivity index (χ1n) is 23.5. The number of rotatable bonds is 3. The van der Waals surface area contributed by atoms with E-state index in [9.17, 15) is 4.11 Å². The quantitative estimate of drug-likeness (QED) is 0.172. The van der Waals surface area contributed by atoms with Gasteiger partial charge in [-0.2, -0.15) is 0 Å². The van der Waals surface area contributed by atoms with Crippen LogP contribution in [0.5, 0.6) is 0 Å². The van der Waals surface area contributed by atoms with Crippen LogP contribution in [0.1, 0.15) is 21.9 Å². The normalized spacial score (nSPS) is 16.8. The second kappa shape index (κ2) is 9.64. The first kappa shape index (κ1) is 15.1. The summed E-state index contributed by atoms with van der Waals surface area (Å²) in [6.07, 6.45) is 0. The lowest BCUT2D eigenvalue weighted by molar-refractivity contribution is 1.62. The van der Waals surface area contributed by atoms with Crippen molar-refractivity contribution in [1.29, 1.82) is 0 Å². The van der Waals surface area contributed by atoms with Gasteiger partial charge in [0.2, 0.25) is 0 Å². The predicted molar refractivity (Wildman–Crippen MR) is 208 cm³/mol. The summed E-state index contributed by atoms with van der Waals surface area (Å²) in [5.41, 5.74) is 2.98. The van der Waals surface area contributed by atoms with Gasteiger partial charge in [-0.3, -0.25) is 0 Å². The van der Waals surface area contributed by atoms with Gasteiger partial charge >= 0.3 is 0 Å². The Labute approximate surface area is 300 Å². The van der Waals surface area contributed by atoms with Crippen molar-refractivity contribution in [3.8, 4) is 33.4 Å². The Morgan fingerprint density at radius 1 is 0.292 bits per heavy atom. The highest BCUT2D eigenvalue weighted by Crippen LogP contribution is 2.45. The summed E-state index contributed by atoms with van der Waals surface area (Å²) in [6.45, 7) is 0. The van der Waals surface area contributed by atoms with Gasteiger partial charge in [0.25, 0.3) is 0 Å². The zero-order valence-corrected chi connectivity index (χ0v) is 24.9. The number of hydrogen-bond donors (Lipinski definition) is 0. The Hall–Kier alpha value is -6.24. The summed E-state index contributed by atoms with van der Waals surface area (Å²) < 4.78 is 143. The van der Waals surface area contributed by atoms with Crippen molar-refractivity contribution in [3.05, 3.63) is 169 Å². The Morgan fingerprint density at radius 3 is 1.60 bits per heavy atom. The first-order valence-corrected chi connectivity index (χ1v) is 15.5. The van der Waals surface area contributed by atoms with Crippen LogP contribution in [0.25, 0.3) is 109 Å². The van der Waals surface area contributed by atoms with Crippen molar-refractivity contribution >= 4 is 75.4 Å². The summed E-state index contributed by atoms with van der Waals surface area (Å²) in [5, 5.41) is 2.72. The largest absolute Gasteiger partial charge is 0.0630 e. The SMILES string of the molecule is [2H]c1c(-c2ccc(-c3c(-c4cc([2H])c5c([2H])c([2H])c6c([2H])c([2H])c([2H])c7c([2H])c([2H])c4c5c67)ccc4ccccc34)cc2)c2cc([2H])c3c([2H])c([2H])c([2H])c4c([2H])c([2H])c(c1[2H])c2c34. The average Bonchev–Trinajstić information content (AvgIpc) is 3.28. The molecule has 0 aliphatic rings. The molecule has 0 amide bonds. The highest BCUT2D eigenvalue weighted by molar-refractivity contribution is 6.27. The standard InChI is InChI=1S/C48H28/c1-2-10-39-29(5-1)19-26-42(40-25-21-37-18-16-32-7-4-9-34-23-28-43(40)48(37)45(32)34)46(39)35-13-11-30(12-14-35)38-24-20-36-17-15-31-6-3-8-33-22-27-41(38)47(36)44(31)33/h1-28H/i3D,4D,6D,7D,8D,9D,15D,16D,17D,18D,20D,21D,22D,23D,24D,28D. The van der Waals surface area contributed by atoms with E-state index in [1.165, 1.54) is 12.1 Å². The fourth-order valence-corrected chi connectivity index (χ4v) is 7.31. The maximum Gasteiger partial charge on any atom is 0.0630 e. The Kier molecular flexibility index (Phi) is 3.03. The topological polar surface area (TPSA) is 0 Å². The molecule has 220 valence electrons. The van der Waals surface area contributed by atoms with Gasteiger partial charge in [0.05, 0.1) is 21.9 Å². The molecular weight excluding hydrogens is 577 g/mol. The van der Waals surface area contributed by atoms with E-state index in [-0.39, 0.29) is 119 Å². The molecule has 0 nitrogen and oxygen atoms in total. The third-order valence-corrected chi connectivity index (χ3v) is 9.46. The zero-order valence-electron chi connectivity index (χ0n) is 40.9. The zero-order chi connectivity index (χ0) is 45.3. The Bertz CT molecular complexity index is 3930. The maximum atomic E-state index is 9.41. The van der Waals surface area contributed by atoms with E-state index in [1.807, 2.05) is 48.5 Å². The molecule has 0 aliphatic heterocycles. The highest BCUT2D eigenvalue weighted by Gasteiger charge is 2.18. The molecule has 0 spiro atoms. The number of hydrogen-bond acceptors (Lipinski definition) is 0. The van der Waals surface area contributed by atoms with Gasteiger partial charge in [0.15, 0.2) is 0 Å². The summed E-state index contributed by atoms with van der Waals surface area (Å²) in [6, 6.07) is 15.7. The van der Waals surface area contributed by atoms with Crippen LogP contribution in [0, 0.1) is 0 Å². The van der Waals surface area contributed by atoms with Crippen LogP contribution in [0.2, 0.25) is 0 Å². The smallest absolute Gasteiger partial charge is 0.0616 e. The molecule has 11 aromatic rings. The average molecular weight is 621 g/mol. The number of benzene rings is 11. The molecule has 0 N–H and O–H groups in total. The van der Waals surface area contributed by atoms with Crippen molar-refractivity contribution < 1.29 is 21.9 Å². The molecule has 11 aromatic carbocycles. The molecule has 0 saturated carbocycles. The maximum absolute atomic E-state index is 9.41. The van der Waals surface area contributed by atoms with Crippen LogP contribution in [-0.2, 0) is 0 Å². The van der Waals surface area contributed by atoms with Crippen LogP contribution in [-0.4, -0.2) is 0 Å². The van der Waals surface area contributed by atoms with Gasteiger partial charge in [-0.05, 0) is 109 Å². The fraction of sp³-hybridized carbons (Fsp3) is 0. The molecule has 0 saturated heterocycles. The van der Waals surface area contributed by atoms with E-state index in [1.54, 1.807) is 12.1 Å². The lowest BCUT2D eigenvalue weighted by atomic mass is 9.85.